The highest BCUT2D eigenvalue weighted by Crippen LogP contribution is 2.42. The number of thioether (sulfide) groups is 1. The zero-order valence-electron chi connectivity index (χ0n) is 9.46. The third-order valence-electron chi connectivity index (χ3n) is 3.94. The standard InChI is InChI=1S/C12H20N2S/c1-12(6-2-3-7-12)14-11-13-8-10(15-11)9-4-5-9/h9-10H,2-8H2,1H3,(H,13,14). The van der Waals surface area contributed by atoms with E-state index >= 15 is 0 Å². The van der Waals surface area contributed by atoms with Crippen LogP contribution in [0.2, 0.25) is 0 Å². The van der Waals surface area contributed by atoms with Crippen molar-refractivity contribution < 1.29 is 0 Å². The molecule has 1 unspecified atom stereocenters. The van der Waals surface area contributed by atoms with Crippen LogP contribution in [0.15, 0.2) is 4.99 Å². The van der Waals surface area contributed by atoms with Crippen LogP contribution in [-0.4, -0.2) is 22.5 Å². The van der Waals surface area contributed by atoms with E-state index < -0.39 is 0 Å². The zero-order chi connectivity index (χ0) is 10.3. The van der Waals surface area contributed by atoms with Crippen LogP contribution >= 0.6 is 11.8 Å². The van der Waals surface area contributed by atoms with Crippen molar-refractivity contribution in [2.24, 2.45) is 10.9 Å². The predicted octanol–water partition coefficient (Wildman–Crippen LogP) is 2.79. The van der Waals surface area contributed by atoms with Crippen molar-refractivity contribution in [2.45, 2.75) is 56.2 Å². The van der Waals surface area contributed by atoms with E-state index in [9.17, 15) is 0 Å². The molecule has 0 aromatic rings. The maximum Gasteiger partial charge on any atom is 0.157 e. The molecule has 0 saturated heterocycles. The first-order valence-electron chi connectivity index (χ1n) is 6.24. The fourth-order valence-electron chi connectivity index (χ4n) is 2.71. The normalized spacial score (nSPS) is 34.2. The number of aliphatic imine (C=N–C) groups is 1. The summed E-state index contributed by atoms with van der Waals surface area (Å²) in [6.07, 6.45) is 8.29. The third-order valence-corrected chi connectivity index (χ3v) is 5.23. The third kappa shape index (κ3) is 2.17. The van der Waals surface area contributed by atoms with Gasteiger partial charge >= 0.3 is 0 Å². The largest absolute Gasteiger partial charge is 0.360 e. The Labute approximate surface area is 96.3 Å². The van der Waals surface area contributed by atoms with Gasteiger partial charge in [-0.05, 0) is 38.5 Å². The molecule has 3 aliphatic rings. The summed E-state index contributed by atoms with van der Waals surface area (Å²) >= 11 is 2.01. The number of hydrogen-bond donors (Lipinski definition) is 1. The summed E-state index contributed by atoms with van der Waals surface area (Å²) in [5.74, 6) is 0.981. The lowest BCUT2D eigenvalue weighted by Gasteiger charge is -2.26. The van der Waals surface area contributed by atoms with Crippen molar-refractivity contribution in [2.75, 3.05) is 6.54 Å². The Balaban J connectivity index is 1.55. The Bertz CT molecular complexity index is 277. The number of nitrogens with zero attached hydrogens (tertiary/aromatic N) is 1. The second-order valence-electron chi connectivity index (χ2n) is 5.53. The van der Waals surface area contributed by atoms with E-state index in [1.807, 2.05) is 11.8 Å². The molecule has 2 saturated carbocycles. The molecule has 0 spiro atoms. The van der Waals surface area contributed by atoms with Crippen LogP contribution in [-0.2, 0) is 0 Å². The molecular formula is C12H20N2S. The lowest BCUT2D eigenvalue weighted by molar-refractivity contribution is 0.434. The van der Waals surface area contributed by atoms with Gasteiger partial charge < -0.3 is 5.32 Å². The summed E-state index contributed by atoms with van der Waals surface area (Å²) in [6.45, 7) is 3.42. The molecule has 0 aromatic carbocycles. The van der Waals surface area contributed by atoms with Gasteiger partial charge in [0.1, 0.15) is 0 Å². The van der Waals surface area contributed by atoms with Crippen molar-refractivity contribution >= 4 is 16.9 Å². The van der Waals surface area contributed by atoms with Gasteiger partial charge in [0.15, 0.2) is 5.17 Å². The molecule has 0 aromatic heterocycles. The lowest BCUT2D eigenvalue weighted by Crippen LogP contribution is -2.42. The number of hydrogen-bond acceptors (Lipinski definition) is 3. The van der Waals surface area contributed by atoms with Gasteiger partial charge in [-0.1, -0.05) is 24.6 Å². The quantitative estimate of drug-likeness (QED) is 0.780. The Hall–Kier alpha value is -0.180. The van der Waals surface area contributed by atoms with E-state index in [2.05, 4.69) is 17.2 Å². The number of amidine groups is 1. The van der Waals surface area contributed by atoms with E-state index in [-0.39, 0.29) is 0 Å². The molecule has 15 heavy (non-hydrogen) atoms. The Morgan fingerprint density at radius 3 is 2.73 bits per heavy atom. The Morgan fingerprint density at radius 2 is 2.07 bits per heavy atom. The van der Waals surface area contributed by atoms with Gasteiger partial charge in [-0.25, -0.2) is 0 Å². The van der Waals surface area contributed by atoms with E-state index in [1.165, 1.54) is 43.7 Å². The van der Waals surface area contributed by atoms with Crippen molar-refractivity contribution in [3.05, 3.63) is 0 Å². The molecule has 3 heteroatoms. The van der Waals surface area contributed by atoms with Gasteiger partial charge in [-0.15, -0.1) is 0 Å². The molecule has 0 radical (unpaired) electrons. The predicted molar refractivity (Wildman–Crippen MR) is 66.4 cm³/mol. The Morgan fingerprint density at radius 1 is 1.33 bits per heavy atom. The summed E-state index contributed by atoms with van der Waals surface area (Å²) in [5.41, 5.74) is 0.351. The van der Waals surface area contributed by atoms with Crippen molar-refractivity contribution in [1.29, 1.82) is 0 Å². The van der Waals surface area contributed by atoms with Crippen LogP contribution in [0, 0.1) is 5.92 Å². The molecule has 0 amide bonds. The second-order valence-corrected chi connectivity index (χ2v) is 6.76. The minimum atomic E-state index is 0.351. The molecule has 1 heterocycles. The Kier molecular flexibility index (Phi) is 2.46. The van der Waals surface area contributed by atoms with Crippen LogP contribution in [0.4, 0.5) is 0 Å². The van der Waals surface area contributed by atoms with Crippen LogP contribution in [0.5, 0.6) is 0 Å². The van der Waals surface area contributed by atoms with E-state index in [0.29, 0.717) is 5.54 Å². The maximum atomic E-state index is 4.66. The van der Waals surface area contributed by atoms with Crippen LogP contribution in [0.1, 0.15) is 45.4 Å². The van der Waals surface area contributed by atoms with Gasteiger partial charge in [0, 0.05) is 10.8 Å². The second kappa shape index (κ2) is 3.69. The highest BCUT2D eigenvalue weighted by Gasteiger charge is 2.37. The first-order valence-corrected chi connectivity index (χ1v) is 7.12. The molecule has 1 N–H and O–H groups in total. The van der Waals surface area contributed by atoms with Crippen molar-refractivity contribution in [1.82, 2.24) is 5.32 Å². The SMILES string of the molecule is CC1(NC2=NCC(C3CC3)S2)CCCC1. The highest BCUT2D eigenvalue weighted by atomic mass is 32.2. The summed E-state index contributed by atoms with van der Waals surface area (Å²) in [7, 11) is 0. The zero-order valence-corrected chi connectivity index (χ0v) is 10.3. The molecular weight excluding hydrogens is 204 g/mol. The average molecular weight is 224 g/mol. The first kappa shape index (κ1) is 10.0. The van der Waals surface area contributed by atoms with Gasteiger partial charge in [-0.2, -0.15) is 0 Å². The molecule has 2 aliphatic carbocycles. The topological polar surface area (TPSA) is 24.4 Å². The van der Waals surface area contributed by atoms with Gasteiger partial charge in [0.25, 0.3) is 0 Å². The molecule has 0 bridgehead atoms. The monoisotopic (exact) mass is 224 g/mol. The van der Waals surface area contributed by atoms with Crippen LogP contribution in [0.3, 0.4) is 0 Å². The van der Waals surface area contributed by atoms with E-state index in [0.717, 1.165) is 17.7 Å². The molecule has 2 nitrogen and oxygen atoms in total. The smallest absolute Gasteiger partial charge is 0.157 e. The van der Waals surface area contributed by atoms with Gasteiger partial charge in [0.2, 0.25) is 0 Å². The molecule has 3 rings (SSSR count). The van der Waals surface area contributed by atoms with E-state index in [4.69, 9.17) is 0 Å². The maximum absolute atomic E-state index is 4.66. The van der Waals surface area contributed by atoms with Crippen molar-refractivity contribution in [3.8, 4) is 0 Å². The summed E-state index contributed by atoms with van der Waals surface area (Å²) in [6, 6.07) is 0. The van der Waals surface area contributed by atoms with Gasteiger partial charge in [0.05, 0.1) is 6.54 Å². The summed E-state index contributed by atoms with van der Waals surface area (Å²) < 4.78 is 0. The fourth-order valence-corrected chi connectivity index (χ4v) is 4.07. The van der Waals surface area contributed by atoms with E-state index in [1.54, 1.807) is 0 Å². The first-order chi connectivity index (χ1) is 7.25. The number of rotatable bonds is 2. The molecule has 1 aliphatic heterocycles. The molecule has 1 atom stereocenters. The highest BCUT2D eigenvalue weighted by molar-refractivity contribution is 8.14. The lowest BCUT2D eigenvalue weighted by atomic mass is 10.0. The van der Waals surface area contributed by atoms with Gasteiger partial charge in [-0.3, -0.25) is 4.99 Å². The minimum Gasteiger partial charge on any atom is -0.360 e. The minimum absolute atomic E-state index is 0.351. The van der Waals surface area contributed by atoms with Crippen LogP contribution in [0.25, 0.3) is 0 Å². The van der Waals surface area contributed by atoms with Crippen molar-refractivity contribution in [3.63, 3.8) is 0 Å². The summed E-state index contributed by atoms with van der Waals surface area (Å²) in [4.78, 5) is 4.66. The van der Waals surface area contributed by atoms with Crippen LogP contribution < -0.4 is 5.32 Å². The molecule has 84 valence electrons. The molecule has 2 fully saturated rings. The fraction of sp³-hybridized carbons (Fsp3) is 0.917. The summed E-state index contributed by atoms with van der Waals surface area (Å²) in [5, 5.41) is 5.72. The average Bonchev–Trinajstić information content (AvgIpc) is 2.83. The number of nitrogens with one attached hydrogen (secondary N) is 1.